The molecule has 2 unspecified atom stereocenters. The standard InChI is InChI=1S/C14H19FN2O2/c1-14(2)11(7-12(14)18)16-8-13(19)17-10-6-4-3-5-9(10)15/h3-6,11-12,16,18H,7-8H2,1-2H3,(H,17,19). The van der Waals surface area contributed by atoms with Gasteiger partial charge in [-0.25, -0.2) is 4.39 Å². The second kappa shape index (κ2) is 5.27. The van der Waals surface area contributed by atoms with E-state index in [0.717, 1.165) is 0 Å². The van der Waals surface area contributed by atoms with Gasteiger partial charge >= 0.3 is 0 Å². The Kier molecular flexibility index (Phi) is 3.87. The van der Waals surface area contributed by atoms with E-state index in [0.29, 0.717) is 6.42 Å². The van der Waals surface area contributed by atoms with Gasteiger partial charge in [0.05, 0.1) is 18.3 Å². The fraction of sp³-hybridized carbons (Fsp3) is 0.500. The van der Waals surface area contributed by atoms with E-state index in [9.17, 15) is 14.3 Å². The predicted molar refractivity (Wildman–Crippen MR) is 71.2 cm³/mol. The lowest BCUT2D eigenvalue weighted by Gasteiger charge is -2.49. The molecule has 0 spiro atoms. The van der Waals surface area contributed by atoms with E-state index in [2.05, 4.69) is 10.6 Å². The van der Waals surface area contributed by atoms with Crippen LogP contribution in [0.3, 0.4) is 0 Å². The molecule has 19 heavy (non-hydrogen) atoms. The average molecular weight is 266 g/mol. The van der Waals surface area contributed by atoms with Crippen molar-refractivity contribution >= 4 is 11.6 Å². The number of hydrogen-bond acceptors (Lipinski definition) is 3. The molecule has 0 heterocycles. The molecule has 4 nitrogen and oxygen atoms in total. The minimum Gasteiger partial charge on any atom is -0.392 e. The second-order valence-corrected chi connectivity index (χ2v) is 5.53. The van der Waals surface area contributed by atoms with Crippen LogP contribution in [0.2, 0.25) is 0 Å². The molecule has 1 aromatic carbocycles. The monoisotopic (exact) mass is 266 g/mol. The Morgan fingerprint density at radius 3 is 2.74 bits per heavy atom. The molecule has 1 amide bonds. The zero-order chi connectivity index (χ0) is 14.0. The van der Waals surface area contributed by atoms with Crippen molar-refractivity contribution in [3.63, 3.8) is 0 Å². The number of rotatable bonds is 4. The molecule has 3 N–H and O–H groups in total. The van der Waals surface area contributed by atoms with Gasteiger partial charge in [0.25, 0.3) is 0 Å². The van der Waals surface area contributed by atoms with E-state index >= 15 is 0 Å². The first kappa shape index (κ1) is 14.0. The molecule has 0 aromatic heterocycles. The molecule has 5 heteroatoms. The average Bonchev–Trinajstić information content (AvgIpc) is 2.37. The van der Waals surface area contributed by atoms with Gasteiger partial charge in [0.2, 0.25) is 5.91 Å². The number of para-hydroxylation sites is 1. The Balaban J connectivity index is 1.82. The molecule has 0 aliphatic heterocycles. The number of nitrogens with one attached hydrogen (secondary N) is 2. The Morgan fingerprint density at radius 2 is 2.16 bits per heavy atom. The Bertz CT molecular complexity index is 476. The number of carbonyl (C=O) groups excluding carboxylic acids is 1. The number of carbonyl (C=O) groups is 1. The maximum atomic E-state index is 13.3. The summed E-state index contributed by atoms with van der Waals surface area (Å²) in [6.07, 6.45) is 0.305. The van der Waals surface area contributed by atoms with E-state index in [-0.39, 0.29) is 35.7 Å². The molecule has 1 saturated carbocycles. The Hall–Kier alpha value is -1.46. The summed E-state index contributed by atoms with van der Waals surface area (Å²) >= 11 is 0. The van der Waals surface area contributed by atoms with Crippen molar-refractivity contribution in [1.29, 1.82) is 0 Å². The number of anilines is 1. The van der Waals surface area contributed by atoms with Gasteiger partial charge < -0.3 is 15.7 Å². The minimum atomic E-state index is -0.449. The molecule has 0 saturated heterocycles. The Labute approximate surface area is 112 Å². The normalized spacial score (nSPS) is 24.6. The lowest BCUT2D eigenvalue weighted by molar-refractivity contribution is -0.117. The lowest BCUT2D eigenvalue weighted by Crippen LogP contribution is -2.60. The van der Waals surface area contributed by atoms with Crippen molar-refractivity contribution in [2.75, 3.05) is 11.9 Å². The number of amides is 1. The number of aliphatic hydroxyl groups is 1. The zero-order valence-electron chi connectivity index (χ0n) is 11.1. The highest BCUT2D eigenvalue weighted by Gasteiger charge is 2.46. The summed E-state index contributed by atoms with van der Waals surface area (Å²) in [6.45, 7) is 4.01. The third-order valence-electron chi connectivity index (χ3n) is 3.87. The number of benzene rings is 1. The third-order valence-corrected chi connectivity index (χ3v) is 3.87. The quantitative estimate of drug-likeness (QED) is 0.774. The van der Waals surface area contributed by atoms with Gasteiger partial charge in [-0.05, 0) is 18.6 Å². The SMILES string of the molecule is CC1(C)C(O)CC1NCC(=O)Nc1ccccc1F. The van der Waals surface area contributed by atoms with Crippen LogP contribution >= 0.6 is 0 Å². The van der Waals surface area contributed by atoms with Crippen molar-refractivity contribution in [2.45, 2.75) is 32.4 Å². The van der Waals surface area contributed by atoms with E-state index in [1.807, 2.05) is 13.8 Å². The molecular formula is C14H19FN2O2. The summed E-state index contributed by atoms with van der Waals surface area (Å²) in [5.74, 6) is -0.738. The first-order chi connectivity index (χ1) is 8.91. The van der Waals surface area contributed by atoms with Gasteiger partial charge in [0.15, 0.2) is 0 Å². The molecular weight excluding hydrogens is 247 g/mol. The van der Waals surface area contributed by atoms with Crippen LogP contribution in [0.4, 0.5) is 10.1 Å². The van der Waals surface area contributed by atoms with E-state index in [1.54, 1.807) is 12.1 Å². The predicted octanol–water partition coefficient (Wildman–Crippen LogP) is 1.51. The highest BCUT2D eigenvalue weighted by Crippen LogP contribution is 2.40. The highest BCUT2D eigenvalue weighted by atomic mass is 19.1. The smallest absolute Gasteiger partial charge is 0.238 e. The zero-order valence-corrected chi connectivity index (χ0v) is 11.1. The summed E-state index contributed by atoms with van der Waals surface area (Å²) < 4.78 is 13.3. The molecule has 0 radical (unpaired) electrons. The summed E-state index contributed by atoms with van der Waals surface area (Å²) in [4.78, 5) is 11.7. The van der Waals surface area contributed by atoms with Crippen LogP contribution < -0.4 is 10.6 Å². The summed E-state index contributed by atoms with van der Waals surface area (Å²) in [5.41, 5.74) is -0.0413. The second-order valence-electron chi connectivity index (χ2n) is 5.53. The Morgan fingerprint density at radius 1 is 1.47 bits per heavy atom. The van der Waals surface area contributed by atoms with Gasteiger partial charge in [0.1, 0.15) is 5.82 Å². The van der Waals surface area contributed by atoms with Crippen LogP contribution in [0.1, 0.15) is 20.3 Å². The van der Waals surface area contributed by atoms with E-state index < -0.39 is 5.82 Å². The molecule has 1 aliphatic carbocycles. The molecule has 1 fully saturated rings. The summed E-state index contributed by atoms with van der Waals surface area (Å²) in [5, 5.41) is 15.2. The van der Waals surface area contributed by atoms with Gasteiger partial charge in [0, 0.05) is 11.5 Å². The first-order valence-electron chi connectivity index (χ1n) is 6.37. The van der Waals surface area contributed by atoms with Crippen molar-refractivity contribution < 1.29 is 14.3 Å². The largest absolute Gasteiger partial charge is 0.392 e. The summed E-state index contributed by atoms with van der Waals surface area (Å²) in [7, 11) is 0. The summed E-state index contributed by atoms with van der Waals surface area (Å²) in [6, 6.07) is 6.16. The molecule has 0 bridgehead atoms. The van der Waals surface area contributed by atoms with Gasteiger partial charge in [-0.3, -0.25) is 4.79 Å². The van der Waals surface area contributed by atoms with Gasteiger partial charge in [-0.2, -0.15) is 0 Å². The van der Waals surface area contributed by atoms with Crippen molar-refractivity contribution in [3.8, 4) is 0 Å². The van der Waals surface area contributed by atoms with Crippen LogP contribution in [0.5, 0.6) is 0 Å². The molecule has 2 rings (SSSR count). The maximum absolute atomic E-state index is 13.3. The van der Waals surface area contributed by atoms with E-state index in [1.165, 1.54) is 12.1 Å². The fourth-order valence-electron chi connectivity index (χ4n) is 2.22. The van der Waals surface area contributed by atoms with Crippen LogP contribution in [0, 0.1) is 11.2 Å². The van der Waals surface area contributed by atoms with Crippen molar-refractivity contribution in [2.24, 2.45) is 5.41 Å². The fourth-order valence-corrected chi connectivity index (χ4v) is 2.22. The van der Waals surface area contributed by atoms with Crippen molar-refractivity contribution in [1.82, 2.24) is 5.32 Å². The number of halogens is 1. The first-order valence-corrected chi connectivity index (χ1v) is 6.37. The molecule has 1 aliphatic rings. The molecule has 2 atom stereocenters. The topological polar surface area (TPSA) is 61.4 Å². The van der Waals surface area contributed by atoms with Crippen LogP contribution in [0.15, 0.2) is 24.3 Å². The molecule has 104 valence electrons. The maximum Gasteiger partial charge on any atom is 0.238 e. The van der Waals surface area contributed by atoms with Crippen LogP contribution in [-0.4, -0.2) is 29.7 Å². The van der Waals surface area contributed by atoms with Gasteiger partial charge in [-0.1, -0.05) is 26.0 Å². The van der Waals surface area contributed by atoms with Crippen LogP contribution in [-0.2, 0) is 4.79 Å². The third kappa shape index (κ3) is 2.93. The van der Waals surface area contributed by atoms with Crippen molar-refractivity contribution in [3.05, 3.63) is 30.1 Å². The van der Waals surface area contributed by atoms with E-state index in [4.69, 9.17) is 0 Å². The number of aliphatic hydroxyl groups excluding tert-OH is 1. The minimum absolute atomic E-state index is 0.105. The lowest BCUT2D eigenvalue weighted by atomic mass is 9.64. The van der Waals surface area contributed by atoms with Gasteiger partial charge in [-0.15, -0.1) is 0 Å². The number of hydrogen-bond donors (Lipinski definition) is 3. The van der Waals surface area contributed by atoms with Crippen LogP contribution in [0.25, 0.3) is 0 Å². The highest BCUT2D eigenvalue weighted by molar-refractivity contribution is 5.92. The molecule has 1 aromatic rings.